The average molecular weight is 406 g/mol. The van der Waals surface area contributed by atoms with E-state index in [-0.39, 0.29) is 30.9 Å². The van der Waals surface area contributed by atoms with Crippen molar-refractivity contribution in [3.8, 4) is 5.75 Å². The summed E-state index contributed by atoms with van der Waals surface area (Å²) in [6.07, 6.45) is 0.350. The summed E-state index contributed by atoms with van der Waals surface area (Å²) in [6.45, 7) is 1.12. The zero-order chi connectivity index (χ0) is 20.8. The van der Waals surface area contributed by atoms with Crippen LogP contribution in [-0.4, -0.2) is 40.0 Å². The summed E-state index contributed by atoms with van der Waals surface area (Å²) in [5.74, 6) is 1.08. The molecule has 0 bridgehead atoms. The first-order chi connectivity index (χ1) is 14.7. The van der Waals surface area contributed by atoms with Gasteiger partial charge in [-0.15, -0.1) is 0 Å². The molecule has 1 unspecified atom stereocenters. The molecule has 1 atom stereocenters. The normalized spacial score (nSPS) is 15.9. The Morgan fingerprint density at radius 2 is 1.87 bits per heavy atom. The van der Waals surface area contributed by atoms with Crippen molar-refractivity contribution in [2.45, 2.75) is 25.4 Å². The largest absolute Gasteiger partial charge is 0.484 e. The molecule has 8 nitrogen and oxygen atoms in total. The van der Waals surface area contributed by atoms with Crippen LogP contribution in [0.5, 0.6) is 5.75 Å². The number of ether oxygens (including phenoxy) is 1. The third kappa shape index (κ3) is 5.02. The summed E-state index contributed by atoms with van der Waals surface area (Å²) >= 11 is 0. The number of nitrogens with one attached hydrogen (secondary N) is 1. The van der Waals surface area contributed by atoms with Crippen LogP contribution in [0.1, 0.15) is 29.6 Å². The molecule has 2 aromatic carbocycles. The zero-order valence-electron chi connectivity index (χ0n) is 16.4. The molecule has 1 aromatic heterocycles. The van der Waals surface area contributed by atoms with Crippen molar-refractivity contribution in [3.05, 3.63) is 77.9 Å². The number of rotatable bonds is 8. The maximum Gasteiger partial charge on any atom is 0.258 e. The molecule has 2 amide bonds. The maximum absolute atomic E-state index is 12.3. The van der Waals surface area contributed by atoms with Crippen LogP contribution in [0.3, 0.4) is 0 Å². The van der Waals surface area contributed by atoms with E-state index in [1.165, 1.54) is 0 Å². The number of carbonyl (C=O) groups excluding carboxylic acids is 2. The van der Waals surface area contributed by atoms with Gasteiger partial charge >= 0.3 is 0 Å². The molecule has 0 radical (unpaired) electrons. The second-order valence-electron chi connectivity index (χ2n) is 7.09. The van der Waals surface area contributed by atoms with Crippen molar-refractivity contribution in [2.24, 2.45) is 0 Å². The Bertz CT molecular complexity index is 991. The molecular formula is C22H22N4O4. The highest BCUT2D eigenvalue weighted by molar-refractivity contribution is 5.79. The first kappa shape index (κ1) is 19.6. The molecule has 1 N–H and O–H groups in total. The molecule has 8 heteroatoms. The number of likely N-dealkylation sites (tertiary alicyclic amines) is 1. The van der Waals surface area contributed by atoms with Gasteiger partial charge in [-0.25, -0.2) is 0 Å². The van der Waals surface area contributed by atoms with Crippen LogP contribution < -0.4 is 10.1 Å². The van der Waals surface area contributed by atoms with Crippen molar-refractivity contribution in [1.82, 2.24) is 20.4 Å². The number of benzene rings is 2. The third-order valence-corrected chi connectivity index (χ3v) is 4.83. The summed E-state index contributed by atoms with van der Waals surface area (Å²) in [7, 11) is 0. The van der Waals surface area contributed by atoms with Crippen molar-refractivity contribution < 1.29 is 18.8 Å². The van der Waals surface area contributed by atoms with Crippen molar-refractivity contribution >= 4 is 11.8 Å². The minimum Gasteiger partial charge on any atom is -0.484 e. The Labute approximate surface area is 173 Å². The van der Waals surface area contributed by atoms with E-state index in [9.17, 15) is 9.59 Å². The lowest BCUT2D eigenvalue weighted by atomic mass is 10.1. The van der Waals surface area contributed by atoms with Crippen LogP contribution in [0.4, 0.5) is 0 Å². The van der Waals surface area contributed by atoms with E-state index in [1.54, 1.807) is 17.0 Å². The summed E-state index contributed by atoms with van der Waals surface area (Å²) in [6, 6.07) is 19.0. The Balaban J connectivity index is 1.26. The number of nitrogens with zero attached hydrogens (tertiary/aromatic N) is 3. The summed E-state index contributed by atoms with van der Waals surface area (Å²) in [4.78, 5) is 30.4. The minimum atomic E-state index is -0.288. The van der Waals surface area contributed by atoms with Gasteiger partial charge in [0.05, 0.1) is 6.54 Å². The van der Waals surface area contributed by atoms with Crippen LogP contribution in [0.2, 0.25) is 0 Å². The molecule has 0 aliphatic carbocycles. The van der Waals surface area contributed by atoms with Crippen molar-refractivity contribution in [3.63, 3.8) is 0 Å². The van der Waals surface area contributed by atoms with E-state index in [0.717, 1.165) is 5.56 Å². The lowest BCUT2D eigenvalue weighted by molar-refractivity contribution is -0.128. The molecule has 1 aliphatic heterocycles. The van der Waals surface area contributed by atoms with Crippen molar-refractivity contribution in [2.75, 3.05) is 13.2 Å². The first-order valence-corrected chi connectivity index (χ1v) is 9.76. The van der Waals surface area contributed by atoms with E-state index < -0.39 is 0 Å². The molecule has 1 fully saturated rings. The Kier molecular flexibility index (Phi) is 6.03. The second kappa shape index (κ2) is 9.21. The van der Waals surface area contributed by atoms with Crippen LogP contribution >= 0.6 is 0 Å². The monoisotopic (exact) mass is 406 g/mol. The van der Waals surface area contributed by atoms with Gasteiger partial charge < -0.3 is 19.5 Å². The van der Waals surface area contributed by atoms with Gasteiger partial charge in [-0.05, 0) is 17.7 Å². The lowest BCUT2D eigenvalue weighted by Crippen LogP contribution is -2.28. The molecule has 0 spiro atoms. The average Bonchev–Trinajstić information content (AvgIpc) is 3.39. The summed E-state index contributed by atoms with van der Waals surface area (Å²) < 4.78 is 10.6. The van der Waals surface area contributed by atoms with Crippen LogP contribution in [0, 0.1) is 0 Å². The molecule has 2 heterocycles. The van der Waals surface area contributed by atoms with E-state index >= 15 is 0 Å². The summed E-state index contributed by atoms with van der Waals surface area (Å²) in [5.41, 5.74) is 1.08. The van der Waals surface area contributed by atoms with Gasteiger partial charge in [0.15, 0.2) is 12.4 Å². The van der Waals surface area contributed by atoms with Gasteiger partial charge in [0.2, 0.25) is 11.8 Å². The van der Waals surface area contributed by atoms with E-state index in [0.29, 0.717) is 37.0 Å². The fraction of sp³-hybridized carbons (Fsp3) is 0.273. The predicted molar refractivity (Wildman–Crippen MR) is 107 cm³/mol. The molecule has 1 saturated heterocycles. The topological polar surface area (TPSA) is 97.6 Å². The van der Waals surface area contributed by atoms with Gasteiger partial charge in [0, 0.05) is 25.4 Å². The molecule has 4 rings (SSSR count). The Morgan fingerprint density at radius 1 is 1.13 bits per heavy atom. The smallest absolute Gasteiger partial charge is 0.258 e. The van der Waals surface area contributed by atoms with Gasteiger partial charge in [-0.2, -0.15) is 4.98 Å². The van der Waals surface area contributed by atoms with Gasteiger partial charge in [0.1, 0.15) is 5.75 Å². The molecule has 3 aromatic rings. The Morgan fingerprint density at radius 3 is 2.63 bits per heavy atom. The van der Waals surface area contributed by atoms with Gasteiger partial charge in [-0.1, -0.05) is 53.7 Å². The molecule has 154 valence electrons. The number of para-hydroxylation sites is 1. The summed E-state index contributed by atoms with van der Waals surface area (Å²) in [5, 5.41) is 6.68. The Hall–Kier alpha value is -3.68. The fourth-order valence-electron chi connectivity index (χ4n) is 3.30. The second-order valence-corrected chi connectivity index (χ2v) is 7.09. The number of amides is 2. The van der Waals surface area contributed by atoms with Crippen LogP contribution in [-0.2, 0) is 22.7 Å². The van der Waals surface area contributed by atoms with Crippen LogP contribution in [0.15, 0.2) is 65.2 Å². The standard InChI is InChI=1S/C22H22N4O4/c27-19(15-29-18-9-5-2-6-10-18)23-12-20-24-22(25-30-20)17-11-21(28)26(14-17)13-16-7-3-1-4-8-16/h1-10,17H,11-15H2,(H,23,27). The lowest BCUT2D eigenvalue weighted by Gasteiger charge is -2.15. The predicted octanol–water partition coefficient (Wildman–Crippen LogP) is 2.28. The highest BCUT2D eigenvalue weighted by Gasteiger charge is 2.33. The quantitative estimate of drug-likeness (QED) is 0.616. The highest BCUT2D eigenvalue weighted by Crippen LogP contribution is 2.27. The maximum atomic E-state index is 12.3. The number of hydrogen-bond acceptors (Lipinski definition) is 6. The highest BCUT2D eigenvalue weighted by atomic mass is 16.5. The van der Waals surface area contributed by atoms with Gasteiger partial charge in [0.25, 0.3) is 5.91 Å². The minimum absolute atomic E-state index is 0.0709. The van der Waals surface area contributed by atoms with E-state index in [2.05, 4.69) is 15.5 Å². The zero-order valence-corrected chi connectivity index (χ0v) is 16.4. The first-order valence-electron chi connectivity index (χ1n) is 9.76. The number of carbonyl (C=O) groups is 2. The molecular weight excluding hydrogens is 384 g/mol. The number of aromatic nitrogens is 2. The van der Waals surface area contributed by atoms with Crippen LogP contribution in [0.25, 0.3) is 0 Å². The van der Waals surface area contributed by atoms with E-state index in [4.69, 9.17) is 9.26 Å². The number of hydrogen-bond donors (Lipinski definition) is 1. The van der Waals surface area contributed by atoms with Crippen molar-refractivity contribution in [1.29, 1.82) is 0 Å². The van der Waals surface area contributed by atoms with E-state index in [1.807, 2.05) is 48.5 Å². The van der Waals surface area contributed by atoms with Gasteiger partial charge in [-0.3, -0.25) is 9.59 Å². The third-order valence-electron chi connectivity index (χ3n) is 4.83. The molecule has 1 aliphatic rings. The fourth-order valence-corrected chi connectivity index (χ4v) is 3.30. The molecule has 30 heavy (non-hydrogen) atoms. The SMILES string of the molecule is O=C(COc1ccccc1)NCc1nc(C2CC(=O)N(Cc3ccccc3)C2)no1. The molecule has 0 saturated carbocycles.